The molecule has 0 spiro atoms. The summed E-state index contributed by atoms with van der Waals surface area (Å²) in [6.07, 6.45) is 14.7. The summed E-state index contributed by atoms with van der Waals surface area (Å²) in [7, 11) is 0. The lowest BCUT2D eigenvalue weighted by atomic mass is 10.1. The first-order chi connectivity index (χ1) is 16.5. The molecular weight excluding hydrogens is 426 g/mol. The van der Waals surface area contributed by atoms with Crippen LogP contribution < -0.4 is 0 Å². The highest BCUT2D eigenvalue weighted by atomic mass is 16.5. The van der Waals surface area contributed by atoms with Crippen LogP contribution >= 0.6 is 0 Å². The van der Waals surface area contributed by atoms with E-state index in [1.54, 1.807) is 0 Å². The van der Waals surface area contributed by atoms with Crippen molar-refractivity contribution in [3.05, 3.63) is 64.1 Å². The van der Waals surface area contributed by atoms with E-state index < -0.39 is 5.97 Å². The fourth-order valence-corrected chi connectivity index (χ4v) is 4.35. The molecule has 3 rings (SSSR count). The van der Waals surface area contributed by atoms with E-state index >= 15 is 0 Å². The fourth-order valence-electron chi connectivity index (χ4n) is 4.35. The number of nitrogens with one attached hydrogen (secondary N) is 2. The van der Waals surface area contributed by atoms with Gasteiger partial charge in [0, 0.05) is 17.1 Å². The number of aromatic amines is 2. The van der Waals surface area contributed by atoms with Gasteiger partial charge >= 0.3 is 5.97 Å². The SMILES string of the molecule is CCCCCCCCCCCc1ccc(/C=C2\N=C(c3ccc(C)[nH]3)C(C(=O)O)=C2OCC)[nH]1. The number of carboxylic acids is 1. The molecule has 1 aliphatic rings. The van der Waals surface area contributed by atoms with Gasteiger partial charge in [-0.2, -0.15) is 0 Å². The molecule has 1 aliphatic heterocycles. The maximum absolute atomic E-state index is 12.1. The number of nitrogens with zero attached hydrogens (tertiary/aromatic N) is 1. The average molecular weight is 466 g/mol. The highest BCUT2D eigenvalue weighted by Gasteiger charge is 2.32. The van der Waals surface area contributed by atoms with E-state index in [9.17, 15) is 9.90 Å². The Labute approximate surface area is 203 Å². The van der Waals surface area contributed by atoms with Crippen LogP contribution in [0.2, 0.25) is 0 Å². The van der Waals surface area contributed by atoms with Crippen LogP contribution in [0.1, 0.15) is 94.4 Å². The molecule has 6 heteroatoms. The van der Waals surface area contributed by atoms with Crippen LogP contribution in [0.4, 0.5) is 0 Å². The summed E-state index contributed by atoms with van der Waals surface area (Å²) in [6.45, 7) is 6.40. The van der Waals surface area contributed by atoms with E-state index in [0.717, 1.165) is 17.8 Å². The number of hydrogen-bond acceptors (Lipinski definition) is 3. The molecule has 0 atom stereocenters. The Bertz CT molecular complexity index is 1040. The molecule has 0 unspecified atom stereocenters. The van der Waals surface area contributed by atoms with E-state index in [0.29, 0.717) is 29.5 Å². The number of hydrogen-bond donors (Lipinski definition) is 3. The molecule has 0 bridgehead atoms. The van der Waals surface area contributed by atoms with Crippen molar-refractivity contribution in [1.82, 2.24) is 9.97 Å². The van der Waals surface area contributed by atoms with Crippen LogP contribution in [0.3, 0.4) is 0 Å². The quantitative estimate of drug-likeness (QED) is 0.249. The number of unbranched alkanes of at least 4 members (excludes halogenated alkanes) is 8. The standard InChI is InChI=1S/C28H39N3O3/c1-4-6-7-8-9-10-11-12-13-14-21-16-17-22(30-21)19-24-27(34-5-2)25(28(32)33)26(31-24)23-18-15-20(3)29-23/h15-19,29-30H,4-14H2,1-3H3,(H,32,33)/b24-19-. The monoisotopic (exact) mass is 465 g/mol. The minimum Gasteiger partial charge on any atom is -0.491 e. The van der Waals surface area contributed by atoms with E-state index in [-0.39, 0.29) is 5.57 Å². The number of ether oxygens (including phenoxy) is 1. The third-order valence-corrected chi connectivity index (χ3v) is 6.13. The lowest BCUT2D eigenvalue weighted by Gasteiger charge is -2.07. The third-order valence-electron chi connectivity index (χ3n) is 6.13. The predicted octanol–water partition coefficient (Wildman–Crippen LogP) is 6.94. The van der Waals surface area contributed by atoms with Crippen LogP contribution in [0, 0.1) is 6.92 Å². The van der Waals surface area contributed by atoms with Gasteiger partial charge in [-0.05, 0) is 57.0 Å². The molecule has 2 aromatic heterocycles. The number of carboxylic acid groups (broad SMARTS) is 1. The Kier molecular flexibility index (Phi) is 9.80. The zero-order chi connectivity index (χ0) is 24.3. The molecule has 0 aliphatic carbocycles. The maximum atomic E-state index is 12.1. The Balaban J connectivity index is 1.63. The first-order valence-corrected chi connectivity index (χ1v) is 12.8. The number of aliphatic carboxylic acids is 1. The molecule has 0 radical (unpaired) electrons. The minimum atomic E-state index is -1.05. The van der Waals surface area contributed by atoms with Gasteiger partial charge < -0.3 is 19.8 Å². The van der Waals surface area contributed by atoms with Crippen molar-refractivity contribution >= 4 is 17.8 Å². The van der Waals surface area contributed by atoms with Crippen molar-refractivity contribution in [2.45, 2.75) is 85.0 Å². The topological polar surface area (TPSA) is 90.5 Å². The van der Waals surface area contributed by atoms with Crippen molar-refractivity contribution < 1.29 is 14.6 Å². The molecule has 0 saturated carbocycles. The lowest BCUT2D eigenvalue weighted by molar-refractivity contribution is -0.132. The third kappa shape index (κ3) is 6.99. The van der Waals surface area contributed by atoms with Gasteiger partial charge in [0.15, 0.2) is 5.76 Å². The molecule has 3 heterocycles. The highest BCUT2D eigenvalue weighted by Crippen LogP contribution is 2.31. The Morgan fingerprint density at radius 1 is 0.971 bits per heavy atom. The largest absolute Gasteiger partial charge is 0.491 e. The maximum Gasteiger partial charge on any atom is 0.341 e. The summed E-state index contributed by atoms with van der Waals surface area (Å²) in [5.41, 5.74) is 4.73. The first kappa shape index (κ1) is 25.6. The Hall–Kier alpha value is -3.02. The summed E-state index contributed by atoms with van der Waals surface area (Å²) < 4.78 is 5.75. The van der Waals surface area contributed by atoms with Crippen LogP contribution in [-0.2, 0) is 16.0 Å². The van der Waals surface area contributed by atoms with Crippen LogP contribution in [0.25, 0.3) is 6.08 Å². The summed E-state index contributed by atoms with van der Waals surface area (Å²) in [6, 6.07) is 7.88. The molecule has 184 valence electrons. The first-order valence-electron chi connectivity index (χ1n) is 12.8. The number of aromatic nitrogens is 2. The van der Waals surface area contributed by atoms with Crippen LogP contribution in [-0.4, -0.2) is 33.4 Å². The molecule has 6 nitrogen and oxygen atoms in total. The fraction of sp³-hybridized carbons (Fsp3) is 0.500. The smallest absolute Gasteiger partial charge is 0.341 e. The number of aliphatic imine (C=N–C) groups is 1. The molecule has 34 heavy (non-hydrogen) atoms. The van der Waals surface area contributed by atoms with Gasteiger partial charge in [0.1, 0.15) is 17.0 Å². The molecule has 0 saturated heterocycles. The summed E-state index contributed by atoms with van der Waals surface area (Å²) in [5, 5.41) is 9.88. The van der Waals surface area contributed by atoms with Crippen LogP contribution in [0.5, 0.6) is 0 Å². The van der Waals surface area contributed by atoms with Crippen molar-refractivity contribution in [1.29, 1.82) is 0 Å². The van der Waals surface area contributed by atoms with Crippen molar-refractivity contribution in [3.63, 3.8) is 0 Å². The highest BCUT2D eigenvalue weighted by molar-refractivity contribution is 6.28. The van der Waals surface area contributed by atoms with E-state index in [1.807, 2.05) is 38.1 Å². The molecule has 0 amide bonds. The Morgan fingerprint density at radius 3 is 2.29 bits per heavy atom. The zero-order valence-electron chi connectivity index (χ0n) is 20.9. The number of rotatable bonds is 15. The summed E-state index contributed by atoms with van der Waals surface area (Å²) in [5.74, 6) is -0.734. The van der Waals surface area contributed by atoms with E-state index in [1.165, 1.54) is 63.5 Å². The lowest BCUT2D eigenvalue weighted by Crippen LogP contribution is -2.14. The number of aryl methyl sites for hydroxylation is 2. The predicted molar refractivity (Wildman–Crippen MR) is 138 cm³/mol. The molecular formula is C28H39N3O3. The van der Waals surface area contributed by atoms with Gasteiger partial charge in [0.05, 0.1) is 12.3 Å². The average Bonchev–Trinajstić information content (AvgIpc) is 3.52. The van der Waals surface area contributed by atoms with Gasteiger partial charge in [-0.15, -0.1) is 0 Å². The molecule has 0 aromatic carbocycles. The zero-order valence-corrected chi connectivity index (χ0v) is 20.9. The van der Waals surface area contributed by atoms with E-state index in [2.05, 4.69) is 28.0 Å². The summed E-state index contributed by atoms with van der Waals surface area (Å²) in [4.78, 5) is 23.4. The molecule has 2 aromatic rings. The second-order valence-corrected chi connectivity index (χ2v) is 9.00. The van der Waals surface area contributed by atoms with Gasteiger partial charge in [-0.3, -0.25) is 0 Å². The van der Waals surface area contributed by atoms with E-state index in [4.69, 9.17) is 4.74 Å². The normalized spacial score (nSPS) is 14.8. The van der Waals surface area contributed by atoms with Gasteiger partial charge in [0.2, 0.25) is 0 Å². The van der Waals surface area contributed by atoms with Gasteiger partial charge in [0.25, 0.3) is 0 Å². The van der Waals surface area contributed by atoms with Gasteiger partial charge in [-0.25, -0.2) is 9.79 Å². The number of carbonyl (C=O) groups is 1. The van der Waals surface area contributed by atoms with Crippen molar-refractivity contribution in [2.75, 3.05) is 6.61 Å². The second-order valence-electron chi connectivity index (χ2n) is 9.00. The van der Waals surface area contributed by atoms with Crippen LogP contribution in [0.15, 0.2) is 46.3 Å². The van der Waals surface area contributed by atoms with Gasteiger partial charge in [-0.1, -0.05) is 58.3 Å². The van der Waals surface area contributed by atoms with Crippen molar-refractivity contribution in [3.8, 4) is 0 Å². The Morgan fingerprint density at radius 2 is 1.68 bits per heavy atom. The minimum absolute atomic E-state index is 0.0939. The molecule has 0 fully saturated rings. The van der Waals surface area contributed by atoms with Crippen molar-refractivity contribution in [2.24, 2.45) is 4.99 Å². The summed E-state index contributed by atoms with van der Waals surface area (Å²) >= 11 is 0. The molecule has 3 N–H and O–H groups in total. The second kappa shape index (κ2) is 13.0. The number of H-pyrrole nitrogens is 2.